The fourth-order valence-electron chi connectivity index (χ4n) is 3.12. The Bertz CT molecular complexity index is 499. The molecule has 2 unspecified atom stereocenters. The van der Waals surface area contributed by atoms with Crippen LogP contribution >= 0.6 is 0 Å². The molecule has 2 atom stereocenters. The van der Waals surface area contributed by atoms with Gasteiger partial charge in [0.15, 0.2) is 0 Å². The van der Waals surface area contributed by atoms with E-state index in [0.717, 1.165) is 30.5 Å². The highest BCUT2D eigenvalue weighted by Crippen LogP contribution is 2.34. The maximum absolute atomic E-state index is 11.5. The molecule has 1 fully saturated rings. The van der Waals surface area contributed by atoms with Gasteiger partial charge in [0.05, 0.1) is 0 Å². The Hall–Kier alpha value is -1.58. The zero-order valence-electron chi connectivity index (χ0n) is 12.1. The number of carboxylic acid groups (broad SMARTS) is 1. The van der Waals surface area contributed by atoms with Crippen LogP contribution in [0.25, 0.3) is 0 Å². The summed E-state index contributed by atoms with van der Waals surface area (Å²) in [5.41, 5.74) is 2.04. The fourth-order valence-corrected chi connectivity index (χ4v) is 3.12. The van der Waals surface area contributed by atoms with Crippen molar-refractivity contribution < 1.29 is 9.90 Å². The molecule has 0 aliphatic carbocycles. The number of hydrogen-bond donors (Lipinski definition) is 1. The molecule has 0 bridgehead atoms. The van der Waals surface area contributed by atoms with Gasteiger partial charge in [0.2, 0.25) is 0 Å². The average Bonchev–Trinajstić information content (AvgIpc) is 2.68. The van der Waals surface area contributed by atoms with Crippen LogP contribution in [0, 0.1) is 13.8 Å². The molecular formula is C15H22N2O2. The summed E-state index contributed by atoms with van der Waals surface area (Å²) < 4.78 is 0. The van der Waals surface area contributed by atoms with Gasteiger partial charge in [-0.25, -0.2) is 9.78 Å². The standard InChI is InChI=1S/C15H22N2O2/c1-5-12-7-6-11(4)17(12)14-13(15(18)19)9(2)8-10(3)16-14/h8,11-12H,5-7H2,1-4H3,(H,18,19). The van der Waals surface area contributed by atoms with Gasteiger partial charge < -0.3 is 10.0 Å². The van der Waals surface area contributed by atoms with Crippen LogP contribution < -0.4 is 4.90 Å². The molecule has 4 nitrogen and oxygen atoms in total. The molecule has 2 heterocycles. The van der Waals surface area contributed by atoms with Crippen molar-refractivity contribution in [3.63, 3.8) is 0 Å². The van der Waals surface area contributed by atoms with Gasteiger partial charge in [0.1, 0.15) is 11.4 Å². The highest BCUT2D eigenvalue weighted by Gasteiger charge is 2.33. The largest absolute Gasteiger partial charge is 0.478 e. The number of rotatable bonds is 3. The molecule has 1 aromatic rings. The lowest BCUT2D eigenvalue weighted by Gasteiger charge is -2.31. The summed E-state index contributed by atoms with van der Waals surface area (Å²) in [7, 11) is 0. The van der Waals surface area contributed by atoms with Crippen LogP contribution in [0.5, 0.6) is 0 Å². The maximum atomic E-state index is 11.5. The number of hydrogen-bond acceptors (Lipinski definition) is 3. The fraction of sp³-hybridized carbons (Fsp3) is 0.600. The number of pyridine rings is 1. The van der Waals surface area contributed by atoms with Gasteiger partial charge in [-0.05, 0) is 51.7 Å². The Balaban J connectivity index is 2.57. The van der Waals surface area contributed by atoms with Crippen LogP contribution in [-0.4, -0.2) is 28.1 Å². The third kappa shape index (κ3) is 2.44. The predicted octanol–water partition coefficient (Wildman–Crippen LogP) is 3.16. The minimum absolute atomic E-state index is 0.358. The first-order valence-corrected chi connectivity index (χ1v) is 6.95. The van der Waals surface area contributed by atoms with E-state index in [1.54, 1.807) is 0 Å². The molecule has 2 rings (SSSR count). The summed E-state index contributed by atoms with van der Waals surface area (Å²) in [6, 6.07) is 2.60. The second kappa shape index (κ2) is 5.19. The van der Waals surface area contributed by atoms with E-state index in [9.17, 15) is 9.90 Å². The monoisotopic (exact) mass is 262 g/mol. The average molecular weight is 262 g/mol. The predicted molar refractivity (Wildman–Crippen MR) is 75.9 cm³/mol. The Morgan fingerprint density at radius 1 is 1.47 bits per heavy atom. The second-order valence-corrected chi connectivity index (χ2v) is 5.48. The van der Waals surface area contributed by atoms with Gasteiger partial charge in [-0.15, -0.1) is 0 Å². The Morgan fingerprint density at radius 3 is 2.74 bits per heavy atom. The lowest BCUT2D eigenvalue weighted by molar-refractivity contribution is 0.0696. The minimum Gasteiger partial charge on any atom is -0.478 e. The third-order valence-corrected chi connectivity index (χ3v) is 4.04. The molecule has 0 aromatic carbocycles. The summed E-state index contributed by atoms with van der Waals surface area (Å²) in [5.74, 6) is -0.226. The molecule has 0 spiro atoms. The molecule has 4 heteroatoms. The molecule has 1 aliphatic rings. The van der Waals surface area contributed by atoms with Crippen molar-refractivity contribution in [3.8, 4) is 0 Å². The van der Waals surface area contributed by atoms with E-state index < -0.39 is 5.97 Å². The first kappa shape index (κ1) is 13.8. The number of aryl methyl sites for hydroxylation is 2. The van der Waals surface area contributed by atoms with E-state index >= 15 is 0 Å². The summed E-state index contributed by atoms with van der Waals surface area (Å²) in [6.07, 6.45) is 3.25. The minimum atomic E-state index is -0.881. The first-order valence-electron chi connectivity index (χ1n) is 6.95. The number of anilines is 1. The molecule has 19 heavy (non-hydrogen) atoms. The Morgan fingerprint density at radius 2 is 2.16 bits per heavy atom. The number of nitrogens with zero attached hydrogens (tertiary/aromatic N) is 2. The van der Waals surface area contributed by atoms with Gasteiger partial charge in [0.25, 0.3) is 0 Å². The number of aromatic nitrogens is 1. The number of carbonyl (C=O) groups is 1. The van der Waals surface area contributed by atoms with Crippen LogP contribution in [-0.2, 0) is 0 Å². The summed E-state index contributed by atoms with van der Waals surface area (Å²) in [6.45, 7) is 8.08. The van der Waals surface area contributed by atoms with Crippen molar-refractivity contribution in [1.29, 1.82) is 0 Å². The second-order valence-electron chi connectivity index (χ2n) is 5.48. The van der Waals surface area contributed by atoms with Gasteiger partial charge in [-0.1, -0.05) is 6.92 Å². The molecular weight excluding hydrogens is 240 g/mol. The van der Waals surface area contributed by atoms with E-state index in [2.05, 4.69) is 23.7 Å². The summed E-state index contributed by atoms with van der Waals surface area (Å²) in [5, 5.41) is 9.48. The van der Waals surface area contributed by atoms with Crippen LogP contribution in [0.15, 0.2) is 6.07 Å². The smallest absolute Gasteiger partial charge is 0.339 e. The van der Waals surface area contributed by atoms with Crippen molar-refractivity contribution in [2.24, 2.45) is 0 Å². The van der Waals surface area contributed by atoms with E-state index in [1.807, 2.05) is 19.9 Å². The molecule has 0 radical (unpaired) electrons. The maximum Gasteiger partial charge on any atom is 0.339 e. The van der Waals surface area contributed by atoms with E-state index in [1.165, 1.54) is 0 Å². The highest BCUT2D eigenvalue weighted by atomic mass is 16.4. The van der Waals surface area contributed by atoms with Crippen molar-refractivity contribution in [1.82, 2.24) is 4.98 Å². The molecule has 1 aromatic heterocycles. The van der Waals surface area contributed by atoms with Crippen molar-refractivity contribution in [2.75, 3.05) is 4.90 Å². The summed E-state index contributed by atoms with van der Waals surface area (Å²) >= 11 is 0. The molecule has 1 aliphatic heterocycles. The van der Waals surface area contributed by atoms with Crippen LogP contribution in [0.3, 0.4) is 0 Å². The van der Waals surface area contributed by atoms with Crippen LogP contribution in [0.4, 0.5) is 5.82 Å². The van der Waals surface area contributed by atoms with E-state index in [4.69, 9.17) is 0 Å². The first-order chi connectivity index (χ1) is 8.95. The van der Waals surface area contributed by atoms with Gasteiger partial charge >= 0.3 is 5.97 Å². The van der Waals surface area contributed by atoms with Crippen molar-refractivity contribution >= 4 is 11.8 Å². The van der Waals surface area contributed by atoms with Gasteiger partial charge in [-0.2, -0.15) is 0 Å². The Kier molecular flexibility index (Phi) is 3.78. The van der Waals surface area contributed by atoms with Crippen molar-refractivity contribution in [2.45, 2.75) is 59.0 Å². The third-order valence-electron chi connectivity index (χ3n) is 4.04. The topological polar surface area (TPSA) is 53.4 Å². The Labute approximate surface area is 114 Å². The molecule has 0 saturated carbocycles. The van der Waals surface area contributed by atoms with E-state index in [-0.39, 0.29) is 0 Å². The molecule has 1 saturated heterocycles. The quantitative estimate of drug-likeness (QED) is 0.909. The van der Waals surface area contributed by atoms with Gasteiger partial charge in [-0.3, -0.25) is 0 Å². The van der Waals surface area contributed by atoms with Crippen LogP contribution in [0.2, 0.25) is 0 Å². The van der Waals surface area contributed by atoms with Crippen LogP contribution in [0.1, 0.15) is 54.7 Å². The summed E-state index contributed by atoms with van der Waals surface area (Å²) in [4.78, 5) is 18.3. The highest BCUT2D eigenvalue weighted by molar-refractivity contribution is 5.95. The normalized spacial score (nSPS) is 22.8. The molecule has 1 N–H and O–H groups in total. The van der Waals surface area contributed by atoms with Gasteiger partial charge in [0, 0.05) is 17.8 Å². The zero-order chi connectivity index (χ0) is 14.2. The SMILES string of the molecule is CCC1CCC(C)N1c1nc(C)cc(C)c1C(=O)O. The zero-order valence-corrected chi connectivity index (χ0v) is 12.1. The molecule has 104 valence electrons. The number of carboxylic acids is 1. The lowest BCUT2D eigenvalue weighted by atomic mass is 10.1. The van der Waals surface area contributed by atoms with E-state index in [0.29, 0.717) is 23.5 Å². The molecule has 0 amide bonds. The number of aromatic carboxylic acids is 1. The lowest BCUT2D eigenvalue weighted by Crippen LogP contribution is -2.36. The van der Waals surface area contributed by atoms with Crippen molar-refractivity contribution in [3.05, 3.63) is 22.9 Å².